The summed E-state index contributed by atoms with van der Waals surface area (Å²) < 4.78 is 0. The van der Waals surface area contributed by atoms with E-state index in [0.29, 0.717) is 19.6 Å². The number of fused-ring (bicyclic) bond motifs is 1. The van der Waals surface area contributed by atoms with Crippen LogP contribution in [-0.4, -0.2) is 25.0 Å². The third-order valence-electron chi connectivity index (χ3n) is 4.96. The minimum Gasteiger partial charge on any atom is -0.341 e. The van der Waals surface area contributed by atoms with Gasteiger partial charge in [0.25, 0.3) is 0 Å². The number of aromatic nitrogens is 5. The number of nitrogens with one attached hydrogen (secondary N) is 2. The Morgan fingerprint density at radius 2 is 1.50 bits per heavy atom. The van der Waals surface area contributed by atoms with Gasteiger partial charge in [0.2, 0.25) is 0 Å². The second-order valence-electron chi connectivity index (χ2n) is 7.18. The van der Waals surface area contributed by atoms with E-state index in [0.717, 1.165) is 33.8 Å². The van der Waals surface area contributed by atoms with Crippen LogP contribution in [0.4, 0.5) is 0 Å². The van der Waals surface area contributed by atoms with Crippen LogP contribution >= 0.6 is 0 Å². The number of nitrogens with zero attached hydrogens (tertiary/aromatic N) is 4. The molecule has 6 heteroatoms. The standard InChI is InChI=1S/C24H22N6/c1-3-9-18(10-4-1)17-30-28-22(24(29-30)19-11-5-2-6-12-19)15-25-16-23-26-20-13-7-8-14-21(20)27-23/h1-14,25H,15-17H2,(H,26,27). The van der Waals surface area contributed by atoms with Crippen molar-refractivity contribution >= 4 is 11.0 Å². The Morgan fingerprint density at radius 1 is 0.767 bits per heavy atom. The van der Waals surface area contributed by atoms with Crippen LogP contribution in [0.2, 0.25) is 0 Å². The molecule has 0 spiro atoms. The molecule has 0 radical (unpaired) electrons. The van der Waals surface area contributed by atoms with Gasteiger partial charge in [0, 0.05) is 12.1 Å². The van der Waals surface area contributed by atoms with Gasteiger partial charge >= 0.3 is 0 Å². The minimum absolute atomic E-state index is 0.607. The molecule has 148 valence electrons. The summed E-state index contributed by atoms with van der Waals surface area (Å²) in [4.78, 5) is 9.75. The van der Waals surface area contributed by atoms with Crippen LogP contribution in [-0.2, 0) is 19.6 Å². The highest BCUT2D eigenvalue weighted by molar-refractivity contribution is 5.74. The van der Waals surface area contributed by atoms with Gasteiger partial charge < -0.3 is 10.3 Å². The Bertz CT molecular complexity index is 1210. The fourth-order valence-electron chi connectivity index (χ4n) is 3.53. The van der Waals surface area contributed by atoms with Gasteiger partial charge in [0.05, 0.1) is 24.1 Å². The van der Waals surface area contributed by atoms with E-state index in [9.17, 15) is 0 Å². The summed E-state index contributed by atoms with van der Waals surface area (Å²) in [5, 5.41) is 13.0. The maximum absolute atomic E-state index is 4.78. The van der Waals surface area contributed by atoms with Gasteiger partial charge in [-0.25, -0.2) is 4.98 Å². The zero-order valence-electron chi connectivity index (χ0n) is 16.5. The molecule has 6 nitrogen and oxygen atoms in total. The van der Waals surface area contributed by atoms with Crippen LogP contribution in [0.25, 0.3) is 22.3 Å². The Labute approximate surface area is 174 Å². The van der Waals surface area contributed by atoms with E-state index in [4.69, 9.17) is 10.2 Å². The van der Waals surface area contributed by atoms with Crippen molar-refractivity contribution in [3.8, 4) is 11.3 Å². The highest BCUT2D eigenvalue weighted by Crippen LogP contribution is 2.20. The number of benzene rings is 3. The van der Waals surface area contributed by atoms with Gasteiger partial charge in [0.1, 0.15) is 17.2 Å². The zero-order chi connectivity index (χ0) is 20.2. The Morgan fingerprint density at radius 3 is 2.30 bits per heavy atom. The lowest BCUT2D eigenvalue weighted by molar-refractivity contribution is 0.575. The predicted molar refractivity (Wildman–Crippen MR) is 118 cm³/mol. The smallest absolute Gasteiger partial charge is 0.121 e. The Hall–Kier alpha value is -3.77. The van der Waals surface area contributed by atoms with E-state index in [-0.39, 0.29) is 0 Å². The molecule has 0 bridgehead atoms. The van der Waals surface area contributed by atoms with Gasteiger partial charge in [-0.2, -0.15) is 15.0 Å². The largest absolute Gasteiger partial charge is 0.341 e. The number of hydrogen-bond acceptors (Lipinski definition) is 4. The minimum atomic E-state index is 0.607. The molecule has 0 fully saturated rings. The lowest BCUT2D eigenvalue weighted by Gasteiger charge is -2.02. The van der Waals surface area contributed by atoms with Crippen LogP contribution in [0.5, 0.6) is 0 Å². The van der Waals surface area contributed by atoms with Crippen LogP contribution in [0, 0.1) is 0 Å². The van der Waals surface area contributed by atoms with Crippen molar-refractivity contribution in [2.45, 2.75) is 19.6 Å². The van der Waals surface area contributed by atoms with Gasteiger partial charge in [0.15, 0.2) is 0 Å². The first-order valence-corrected chi connectivity index (χ1v) is 10.0. The fraction of sp³-hybridized carbons (Fsp3) is 0.125. The molecule has 2 N–H and O–H groups in total. The van der Waals surface area contributed by atoms with Crippen LogP contribution in [0.1, 0.15) is 17.1 Å². The van der Waals surface area contributed by atoms with Crippen molar-refractivity contribution in [2.75, 3.05) is 0 Å². The van der Waals surface area contributed by atoms with Gasteiger partial charge in [-0.3, -0.25) is 0 Å². The van der Waals surface area contributed by atoms with E-state index in [1.165, 1.54) is 5.56 Å². The predicted octanol–water partition coefficient (Wildman–Crippen LogP) is 4.16. The summed E-state index contributed by atoms with van der Waals surface area (Å²) in [6, 6.07) is 28.5. The van der Waals surface area contributed by atoms with Crippen LogP contribution in [0.15, 0.2) is 84.9 Å². The molecule has 0 atom stereocenters. The normalized spacial score (nSPS) is 11.2. The third kappa shape index (κ3) is 3.99. The molecular formula is C24H22N6. The molecule has 3 aromatic carbocycles. The average molecular weight is 394 g/mol. The van der Waals surface area contributed by atoms with E-state index >= 15 is 0 Å². The lowest BCUT2D eigenvalue weighted by Crippen LogP contribution is -2.15. The third-order valence-corrected chi connectivity index (χ3v) is 4.96. The number of hydrogen-bond donors (Lipinski definition) is 2. The molecule has 0 saturated carbocycles. The van der Waals surface area contributed by atoms with E-state index in [2.05, 4.69) is 39.6 Å². The number of rotatable bonds is 7. The monoisotopic (exact) mass is 394 g/mol. The SMILES string of the molecule is c1ccc(Cn2nc(CNCc3nc4ccccc4[nH]3)c(-c3ccccc3)n2)cc1. The van der Waals surface area contributed by atoms with Crippen molar-refractivity contribution in [2.24, 2.45) is 0 Å². The van der Waals surface area contributed by atoms with Crippen LogP contribution in [0.3, 0.4) is 0 Å². The maximum atomic E-state index is 4.78. The highest BCUT2D eigenvalue weighted by Gasteiger charge is 2.13. The van der Waals surface area contributed by atoms with E-state index < -0.39 is 0 Å². The number of para-hydroxylation sites is 2. The number of H-pyrrole nitrogens is 1. The molecule has 0 saturated heterocycles. The zero-order valence-corrected chi connectivity index (χ0v) is 16.5. The topological polar surface area (TPSA) is 71.4 Å². The van der Waals surface area contributed by atoms with Crippen molar-refractivity contribution in [3.63, 3.8) is 0 Å². The molecule has 0 aliphatic rings. The first kappa shape index (κ1) is 18.3. The summed E-state index contributed by atoms with van der Waals surface area (Å²) in [7, 11) is 0. The summed E-state index contributed by atoms with van der Waals surface area (Å²) in [5.74, 6) is 0.911. The molecular weight excluding hydrogens is 372 g/mol. The van der Waals surface area contributed by atoms with E-state index in [1.54, 1.807) is 4.80 Å². The number of imidazole rings is 1. The summed E-state index contributed by atoms with van der Waals surface area (Å²) in [6.45, 7) is 1.88. The molecule has 2 heterocycles. The highest BCUT2D eigenvalue weighted by atomic mass is 15.5. The number of aromatic amines is 1. The van der Waals surface area contributed by atoms with Gasteiger partial charge in [-0.15, -0.1) is 0 Å². The fourth-order valence-corrected chi connectivity index (χ4v) is 3.53. The van der Waals surface area contributed by atoms with Crippen molar-refractivity contribution in [1.82, 2.24) is 30.3 Å². The molecule has 5 aromatic rings. The molecule has 0 amide bonds. The van der Waals surface area contributed by atoms with Crippen molar-refractivity contribution in [1.29, 1.82) is 0 Å². The Kier molecular flexibility index (Phi) is 5.06. The summed E-state index contributed by atoms with van der Waals surface area (Å²) >= 11 is 0. The quantitative estimate of drug-likeness (QED) is 0.435. The van der Waals surface area contributed by atoms with Gasteiger partial charge in [-0.1, -0.05) is 72.8 Å². The molecule has 2 aromatic heterocycles. The molecule has 5 rings (SSSR count). The second kappa shape index (κ2) is 8.31. The average Bonchev–Trinajstić information content (AvgIpc) is 3.39. The lowest BCUT2D eigenvalue weighted by atomic mass is 10.1. The summed E-state index contributed by atoms with van der Waals surface area (Å²) in [6.07, 6.45) is 0. The van der Waals surface area contributed by atoms with Crippen LogP contribution < -0.4 is 5.32 Å². The van der Waals surface area contributed by atoms with Gasteiger partial charge in [-0.05, 0) is 17.7 Å². The molecule has 0 unspecified atom stereocenters. The Balaban J connectivity index is 1.35. The summed E-state index contributed by atoms with van der Waals surface area (Å²) in [5.41, 5.74) is 6.10. The van der Waals surface area contributed by atoms with E-state index in [1.807, 2.05) is 60.7 Å². The first-order valence-electron chi connectivity index (χ1n) is 10.0. The molecule has 30 heavy (non-hydrogen) atoms. The van der Waals surface area contributed by atoms with Crippen molar-refractivity contribution in [3.05, 3.63) is 102 Å². The molecule has 0 aliphatic heterocycles. The van der Waals surface area contributed by atoms with Crippen molar-refractivity contribution < 1.29 is 0 Å². The first-order chi connectivity index (χ1) is 14.8. The second-order valence-corrected chi connectivity index (χ2v) is 7.18. The maximum Gasteiger partial charge on any atom is 0.121 e. The molecule has 0 aliphatic carbocycles.